The lowest BCUT2D eigenvalue weighted by atomic mass is 10.1. The van der Waals surface area contributed by atoms with E-state index in [9.17, 15) is 0 Å². The van der Waals surface area contributed by atoms with Gasteiger partial charge in [0.1, 0.15) is 0 Å². The van der Waals surface area contributed by atoms with E-state index in [1.54, 1.807) is 0 Å². The van der Waals surface area contributed by atoms with E-state index < -0.39 is 0 Å². The topological polar surface area (TPSA) is 21.3 Å². The third kappa shape index (κ3) is 4.66. The number of hydrogen-bond acceptors (Lipinski definition) is 2. The van der Waals surface area contributed by atoms with Crippen LogP contribution in [0.25, 0.3) is 0 Å². The summed E-state index contributed by atoms with van der Waals surface area (Å²) in [4.78, 5) is 0. The van der Waals surface area contributed by atoms with Crippen molar-refractivity contribution in [2.45, 2.75) is 39.3 Å². The first-order valence-electron chi connectivity index (χ1n) is 6.08. The Kier molecular flexibility index (Phi) is 5.44. The van der Waals surface area contributed by atoms with Crippen LogP contribution in [0.15, 0.2) is 24.3 Å². The smallest absolute Gasteiger partial charge is 0.0750 e. The molecule has 0 saturated carbocycles. The molecule has 17 heavy (non-hydrogen) atoms. The SMILES string of the molecule is CCOC(C)(C)CNC(C)c1ccccc1Cl. The van der Waals surface area contributed by atoms with Gasteiger partial charge in [-0.15, -0.1) is 0 Å². The maximum absolute atomic E-state index is 6.16. The van der Waals surface area contributed by atoms with Crippen molar-refractivity contribution >= 4 is 11.6 Å². The standard InChI is InChI=1S/C14H22ClNO/c1-5-17-14(3,4)10-16-11(2)12-8-6-7-9-13(12)15/h6-9,11,16H,5,10H2,1-4H3. The van der Waals surface area contributed by atoms with Crippen LogP contribution in [0, 0.1) is 0 Å². The molecule has 0 amide bonds. The van der Waals surface area contributed by atoms with Crippen molar-refractivity contribution < 1.29 is 4.74 Å². The average molecular weight is 256 g/mol. The van der Waals surface area contributed by atoms with Crippen molar-refractivity contribution in [2.75, 3.05) is 13.2 Å². The van der Waals surface area contributed by atoms with Gasteiger partial charge >= 0.3 is 0 Å². The van der Waals surface area contributed by atoms with Crippen LogP contribution in [-0.2, 0) is 4.74 Å². The molecule has 3 heteroatoms. The third-order valence-corrected chi connectivity index (χ3v) is 3.08. The highest BCUT2D eigenvalue weighted by molar-refractivity contribution is 6.31. The van der Waals surface area contributed by atoms with Gasteiger partial charge in [-0.3, -0.25) is 0 Å². The molecular weight excluding hydrogens is 234 g/mol. The molecule has 0 bridgehead atoms. The summed E-state index contributed by atoms with van der Waals surface area (Å²) in [7, 11) is 0. The number of benzene rings is 1. The first-order valence-corrected chi connectivity index (χ1v) is 6.46. The molecule has 1 rings (SSSR count). The number of rotatable bonds is 6. The first-order chi connectivity index (χ1) is 7.96. The molecule has 0 spiro atoms. The molecule has 2 nitrogen and oxygen atoms in total. The summed E-state index contributed by atoms with van der Waals surface area (Å²) in [6.45, 7) is 9.83. The Hall–Kier alpha value is -0.570. The van der Waals surface area contributed by atoms with E-state index in [0.29, 0.717) is 0 Å². The number of nitrogens with one attached hydrogen (secondary N) is 1. The van der Waals surface area contributed by atoms with Gasteiger partial charge in [0, 0.05) is 24.2 Å². The van der Waals surface area contributed by atoms with Gasteiger partial charge in [-0.05, 0) is 39.3 Å². The molecule has 0 aliphatic carbocycles. The Balaban J connectivity index is 2.56. The molecule has 0 aliphatic rings. The molecule has 1 aromatic carbocycles. The highest BCUT2D eigenvalue weighted by Crippen LogP contribution is 2.22. The maximum atomic E-state index is 6.16. The molecule has 1 aromatic rings. The Bertz CT molecular complexity index is 352. The summed E-state index contributed by atoms with van der Waals surface area (Å²) >= 11 is 6.16. The first kappa shape index (κ1) is 14.5. The van der Waals surface area contributed by atoms with Crippen molar-refractivity contribution in [3.05, 3.63) is 34.9 Å². The fourth-order valence-electron chi connectivity index (χ4n) is 1.78. The van der Waals surface area contributed by atoms with Gasteiger partial charge in [-0.1, -0.05) is 29.8 Å². The molecular formula is C14H22ClNO. The van der Waals surface area contributed by atoms with Crippen molar-refractivity contribution in [3.8, 4) is 0 Å². The van der Waals surface area contributed by atoms with E-state index in [4.69, 9.17) is 16.3 Å². The minimum Gasteiger partial charge on any atom is -0.375 e. The number of halogens is 1. The summed E-state index contributed by atoms with van der Waals surface area (Å²) in [5.41, 5.74) is 0.978. The lowest BCUT2D eigenvalue weighted by molar-refractivity contribution is -0.0103. The summed E-state index contributed by atoms with van der Waals surface area (Å²) < 4.78 is 5.65. The molecule has 1 N–H and O–H groups in total. The normalized spacial score (nSPS) is 13.7. The van der Waals surface area contributed by atoms with E-state index in [1.165, 1.54) is 0 Å². The van der Waals surface area contributed by atoms with Crippen LogP contribution in [0.4, 0.5) is 0 Å². The molecule has 0 heterocycles. The molecule has 1 unspecified atom stereocenters. The Morgan fingerprint density at radius 3 is 2.59 bits per heavy atom. The van der Waals surface area contributed by atoms with Crippen LogP contribution >= 0.6 is 11.6 Å². The van der Waals surface area contributed by atoms with E-state index in [0.717, 1.165) is 23.7 Å². The molecule has 0 aliphatic heterocycles. The van der Waals surface area contributed by atoms with Crippen LogP contribution in [0.3, 0.4) is 0 Å². The molecule has 0 aromatic heterocycles. The van der Waals surface area contributed by atoms with E-state index in [2.05, 4.69) is 26.1 Å². The van der Waals surface area contributed by atoms with Crippen LogP contribution in [0.5, 0.6) is 0 Å². The van der Waals surface area contributed by atoms with Crippen molar-refractivity contribution in [3.63, 3.8) is 0 Å². The summed E-state index contributed by atoms with van der Waals surface area (Å²) in [6.07, 6.45) is 0. The third-order valence-electron chi connectivity index (χ3n) is 2.74. The van der Waals surface area contributed by atoms with E-state index in [1.807, 2.05) is 31.2 Å². The molecule has 1 atom stereocenters. The average Bonchev–Trinajstić information content (AvgIpc) is 2.27. The minimum absolute atomic E-state index is 0.149. The highest BCUT2D eigenvalue weighted by Gasteiger charge is 2.19. The van der Waals surface area contributed by atoms with Gasteiger partial charge in [-0.2, -0.15) is 0 Å². The largest absolute Gasteiger partial charge is 0.375 e. The lowest BCUT2D eigenvalue weighted by Gasteiger charge is -2.27. The highest BCUT2D eigenvalue weighted by atomic mass is 35.5. The quantitative estimate of drug-likeness (QED) is 0.835. The van der Waals surface area contributed by atoms with Crippen LogP contribution < -0.4 is 5.32 Å². The summed E-state index contributed by atoms with van der Waals surface area (Å²) in [6, 6.07) is 8.15. The minimum atomic E-state index is -0.149. The Morgan fingerprint density at radius 2 is 2.00 bits per heavy atom. The fourth-order valence-corrected chi connectivity index (χ4v) is 2.08. The Morgan fingerprint density at radius 1 is 1.35 bits per heavy atom. The van der Waals surface area contributed by atoms with E-state index >= 15 is 0 Å². The van der Waals surface area contributed by atoms with Gasteiger partial charge < -0.3 is 10.1 Å². The number of ether oxygens (including phenoxy) is 1. The van der Waals surface area contributed by atoms with Gasteiger partial charge in [-0.25, -0.2) is 0 Å². The molecule has 0 saturated heterocycles. The zero-order valence-electron chi connectivity index (χ0n) is 11.1. The Labute approximate surface area is 109 Å². The maximum Gasteiger partial charge on any atom is 0.0750 e. The van der Waals surface area contributed by atoms with Crippen LogP contribution in [0.1, 0.15) is 39.3 Å². The monoisotopic (exact) mass is 255 g/mol. The van der Waals surface area contributed by atoms with Crippen LogP contribution in [0.2, 0.25) is 5.02 Å². The summed E-state index contributed by atoms with van der Waals surface area (Å²) in [5, 5.41) is 4.26. The lowest BCUT2D eigenvalue weighted by Crippen LogP contribution is -2.38. The second kappa shape index (κ2) is 6.39. The zero-order chi connectivity index (χ0) is 12.9. The summed E-state index contributed by atoms with van der Waals surface area (Å²) in [5.74, 6) is 0. The number of hydrogen-bond donors (Lipinski definition) is 1. The van der Waals surface area contributed by atoms with Gasteiger partial charge in [0.2, 0.25) is 0 Å². The molecule has 96 valence electrons. The van der Waals surface area contributed by atoms with Crippen molar-refractivity contribution in [1.29, 1.82) is 0 Å². The predicted octanol–water partition coefficient (Wildman–Crippen LogP) is 3.81. The predicted molar refractivity (Wildman–Crippen MR) is 73.6 cm³/mol. The fraction of sp³-hybridized carbons (Fsp3) is 0.571. The second-order valence-electron chi connectivity index (χ2n) is 4.82. The van der Waals surface area contributed by atoms with Crippen molar-refractivity contribution in [2.24, 2.45) is 0 Å². The van der Waals surface area contributed by atoms with Gasteiger partial charge in [0.05, 0.1) is 5.60 Å². The second-order valence-corrected chi connectivity index (χ2v) is 5.22. The van der Waals surface area contributed by atoms with Crippen LogP contribution in [-0.4, -0.2) is 18.8 Å². The molecule has 0 radical (unpaired) electrons. The van der Waals surface area contributed by atoms with Gasteiger partial charge in [0.25, 0.3) is 0 Å². The van der Waals surface area contributed by atoms with Gasteiger partial charge in [0.15, 0.2) is 0 Å². The zero-order valence-corrected chi connectivity index (χ0v) is 11.8. The molecule has 0 fully saturated rings. The van der Waals surface area contributed by atoms with Crippen molar-refractivity contribution in [1.82, 2.24) is 5.32 Å². The van der Waals surface area contributed by atoms with E-state index in [-0.39, 0.29) is 11.6 Å².